The van der Waals surface area contributed by atoms with Crippen LogP contribution in [0.15, 0.2) is 41.3 Å². The van der Waals surface area contributed by atoms with Crippen molar-refractivity contribution in [3.8, 4) is 0 Å². The maximum Gasteiger partial charge on any atom is 0.337 e. The zero-order valence-electron chi connectivity index (χ0n) is 11.4. The Kier molecular flexibility index (Phi) is 3.89. The van der Waals surface area contributed by atoms with Gasteiger partial charge >= 0.3 is 5.97 Å². The van der Waals surface area contributed by atoms with Crippen molar-refractivity contribution in [1.29, 1.82) is 0 Å². The van der Waals surface area contributed by atoms with Gasteiger partial charge in [-0.2, -0.15) is 0 Å². The van der Waals surface area contributed by atoms with Crippen molar-refractivity contribution in [3.05, 3.63) is 69.1 Å². The maximum absolute atomic E-state index is 11.8. The molecule has 6 nitrogen and oxygen atoms in total. The van der Waals surface area contributed by atoms with Gasteiger partial charge in [0.1, 0.15) is 0 Å². The Labute approximate surface area is 120 Å². The van der Waals surface area contributed by atoms with E-state index in [1.165, 1.54) is 22.9 Å². The van der Waals surface area contributed by atoms with Gasteiger partial charge in [-0.3, -0.25) is 9.59 Å². The number of benzene rings is 1. The molecule has 0 bridgehead atoms. The first-order chi connectivity index (χ1) is 9.88. The number of amides is 1. The molecule has 0 atom stereocenters. The average molecular weight is 286 g/mol. The van der Waals surface area contributed by atoms with Crippen molar-refractivity contribution < 1.29 is 14.7 Å². The van der Waals surface area contributed by atoms with Crippen LogP contribution in [0.5, 0.6) is 0 Å². The molecule has 2 aromatic rings. The van der Waals surface area contributed by atoms with Gasteiger partial charge in [-0.1, -0.05) is 6.07 Å². The van der Waals surface area contributed by atoms with Gasteiger partial charge in [0.25, 0.3) is 5.56 Å². The summed E-state index contributed by atoms with van der Waals surface area (Å²) in [4.78, 5) is 33.8. The molecule has 0 aliphatic rings. The van der Waals surface area contributed by atoms with E-state index in [2.05, 4.69) is 0 Å². The van der Waals surface area contributed by atoms with Gasteiger partial charge in [0.05, 0.1) is 12.1 Å². The van der Waals surface area contributed by atoms with Crippen LogP contribution >= 0.6 is 0 Å². The summed E-state index contributed by atoms with van der Waals surface area (Å²) in [5.74, 6) is -1.61. The molecule has 108 valence electrons. The van der Waals surface area contributed by atoms with Crippen LogP contribution in [0.4, 0.5) is 0 Å². The minimum absolute atomic E-state index is 0.0426. The molecule has 21 heavy (non-hydrogen) atoms. The van der Waals surface area contributed by atoms with E-state index in [-0.39, 0.29) is 17.7 Å². The summed E-state index contributed by atoms with van der Waals surface area (Å²) in [6.07, 6.45) is 1.30. The largest absolute Gasteiger partial charge is 0.478 e. The number of aromatic nitrogens is 1. The van der Waals surface area contributed by atoms with Crippen LogP contribution in [-0.2, 0) is 6.54 Å². The minimum atomic E-state index is -1.09. The monoisotopic (exact) mass is 286 g/mol. The SMILES string of the molecule is Cc1cc(C(N)=O)ccc1Cn1cc(C(=O)O)ccc1=O. The predicted octanol–water partition coefficient (Wildman–Crippen LogP) is 1.00. The third-order valence-electron chi connectivity index (χ3n) is 3.20. The molecule has 0 aliphatic heterocycles. The highest BCUT2D eigenvalue weighted by Gasteiger charge is 2.08. The molecular formula is C15H14N2O4. The number of carbonyl (C=O) groups excluding carboxylic acids is 1. The molecular weight excluding hydrogens is 272 g/mol. The summed E-state index contributed by atoms with van der Waals surface area (Å²) >= 11 is 0. The second kappa shape index (κ2) is 5.62. The molecule has 0 unspecified atom stereocenters. The summed E-state index contributed by atoms with van der Waals surface area (Å²) in [5.41, 5.74) is 6.96. The van der Waals surface area contributed by atoms with Crippen LogP contribution in [-0.4, -0.2) is 21.6 Å². The highest BCUT2D eigenvalue weighted by molar-refractivity contribution is 5.93. The lowest BCUT2D eigenvalue weighted by molar-refractivity contribution is 0.0695. The number of nitrogens with two attached hydrogens (primary N) is 1. The van der Waals surface area contributed by atoms with Gasteiger partial charge in [-0.25, -0.2) is 4.79 Å². The van der Waals surface area contributed by atoms with Crippen molar-refractivity contribution in [3.63, 3.8) is 0 Å². The number of aromatic carboxylic acids is 1. The number of pyridine rings is 1. The van der Waals surface area contributed by atoms with E-state index in [4.69, 9.17) is 10.8 Å². The number of rotatable bonds is 4. The van der Waals surface area contributed by atoms with Crippen molar-refractivity contribution in [2.24, 2.45) is 5.73 Å². The van der Waals surface area contributed by atoms with Gasteiger partial charge in [0.15, 0.2) is 0 Å². The summed E-state index contributed by atoms with van der Waals surface area (Å²) in [7, 11) is 0. The Morgan fingerprint density at radius 3 is 2.43 bits per heavy atom. The molecule has 0 spiro atoms. The van der Waals surface area contributed by atoms with Crippen molar-refractivity contribution in [2.45, 2.75) is 13.5 Å². The first kappa shape index (κ1) is 14.5. The number of carboxylic acids is 1. The number of carboxylic acid groups (broad SMARTS) is 1. The van der Waals surface area contributed by atoms with Gasteiger partial charge in [0.2, 0.25) is 5.91 Å². The van der Waals surface area contributed by atoms with E-state index in [9.17, 15) is 14.4 Å². The molecule has 0 radical (unpaired) electrons. The van der Waals surface area contributed by atoms with E-state index in [1.54, 1.807) is 25.1 Å². The summed E-state index contributed by atoms with van der Waals surface area (Å²) in [6.45, 7) is 2.03. The Morgan fingerprint density at radius 2 is 1.86 bits per heavy atom. The fourth-order valence-corrected chi connectivity index (χ4v) is 1.99. The van der Waals surface area contributed by atoms with E-state index in [0.29, 0.717) is 5.56 Å². The molecule has 0 saturated carbocycles. The minimum Gasteiger partial charge on any atom is -0.478 e. The molecule has 1 heterocycles. The van der Waals surface area contributed by atoms with Gasteiger partial charge in [-0.15, -0.1) is 0 Å². The summed E-state index contributed by atoms with van der Waals surface area (Å²) in [5, 5.41) is 8.95. The molecule has 3 N–H and O–H groups in total. The summed E-state index contributed by atoms with van der Waals surface area (Å²) in [6, 6.07) is 7.41. The van der Waals surface area contributed by atoms with Gasteiger partial charge in [-0.05, 0) is 36.2 Å². The molecule has 1 aromatic heterocycles. The van der Waals surface area contributed by atoms with Crippen molar-refractivity contribution >= 4 is 11.9 Å². The van der Waals surface area contributed by atoms with Crippen LogP contribution in [0.2, 0.25) is 0 Å². The smallest absolute Gasteiger partial charge is 0.337 e. The zero-order chi connectivity index (χ0) is 15.6. The van der Waals surface area contributed by atoms with Crippen molar-refractivity contribution in [1.82, 2.24) is 4.57 Å². The Balaban J connectivity index is 2.38. The number of aryl methyl sites for hydroxylation is 1. The van der Waals surface area contributed by atoms with Crippen molar-refractivity contribution in [2.75, 3.05) is 0 Å². The topological polar surface area (TPSA) is 102 Å². The van der Waals surface area contributed by atoms with E-state index >= 15 is 0 Å². The Morgan fingerprint density at radius 1 is 1.19 bits per heavy atom. The first-order valence-electron chi connectivity index (χ1n) is 6.21. The maximum atomic E-state index is 11.8. The number of hydrogen-bond acceptors (Lipinski definition) is 3. The number of primary amides is 1. The molecule has 0 saturated heterocycles. The second-order valence-corrected chi connectivity index (χ2v) is 4.69. The van der Waals surface area contributed by atoms with E-state index < -0.39 is 11.9 Å². The van der Waals surface area contributed by atoms with Gasteiger partial charge in [0, 0.05) is 17.8 Å². The quantitative estimate of drug-likeness (QED) is 0.875. The van der Waals surface area contributed by atoms with Crippen LogP contribution in [0.25, 0.3) is 0 Å². The fourth-order valence-electron chi connectivity index (χ4n) is 1.99. The van der Waals surface area contributed by atoms with Crippen LogP contribution < -0.4 is 11.3 Å². The highest BCUT2D eigenvalue weighted by atomic mass is 16.4. The summed E-state index contributed by atoms with van der Waals surface area (Å²) < 4.78 is 1.32. The fraction of sp³-hybridized carbons (Fsp3) is 0.133. The Hall–Kier alpha value is -2.89. The van der Waals surface area contributed by atoms with E-state index in [1.807, 2.05) is 0 Å². The third kappa shape index (κ3) is 3.17. The highest BCUT2D eigenvalue weighted by Crippen LogP contribution is 2.12. The second-order valence-electron chi connectivity index (χ2n) is 4.69. The first-order valence-corrected chi connectivity index (χ1v) is 6.21. The predicted molar refractivity (Wildman–Crippen MR) is 76.5 cm³/mol. The molecule has 1 amide bonds. The molecule has 0 aliphatic carbocycles. The lowest BCUT2D eigenvalue weighted by atomic mass is 10.0. The average Bonchev–Trinajstić information content (AvgIpc) is 2.42. The molecule has 1 aromatic carbocycles. The normalized spacial score (nSPS) is 10.3. The molecule has 0 fully saturated rings. The lowest BCUT2D eigenvalue weighted by Gasteiger charge is -2.10. The third-order valence-corrected chi connectivity index (χ3v) is 3.20. The van der Waals surface area contributed by atoms with E-state index in [0.717, 1.165) is 11.1 Å². The van der Waals surface area contributed by atoms with Crippen LogP contribution in [0.1, 0.15) is 31.8 Å². The Bertz CT molecular complexity index is 777. The van der Waals surface area contributed by atoms with Gasteiger partial charge < -0.3 is 15.4 Å². The standard InChI is InChI=1S/C15H14N2O4/c1-9-6-10(14(16)19)2-3-11(9)7-17-8-12(15(20)21)4-5-13(17)18/h2-6,8H,7H2,1H3,(H2,16,19)(H,20,21). The number of hydrogen-bond donors (Lipinski definition) is 2. The van der Waals surface area contributed by atoms with Crippen LogP contribution in [0.3, 0.4) is 0 Å². The lowest BCUT2D eigenvalue weighted by Crippen LogP contribution is -2.21. The zero-order valence-corrected chi connectivity index (χ0v) is 11.4. The molecule has 2 rings (SSSR count). The molecule has 6 heteroatoms. The number of carbonyl (C=O) groups is 2. The number of nitrogens with zero attached hydrogens (tertiary/aromatic N) is 1. The van der Waals surface area contributed by atoms with Crippen LogP contribution in [0, 0.1) is 6.92 Å².